The van der Waals surface area contributed by atoms with E-state index in [1.54, 1.807) is 12.4 Å². The van der Waals surface area contributed by atoms with Crippen molar-refractivity contribution in [2.45, 2.75) is 13.0 Å². The van der Waals surface area contributed by atoms with E-state index in [-0.39, 0.29) is 11.9 Å². The van der Waals surface area contributed by atoms with Crippen LogP contribution in [0, 0.1) is 0 Å². The Kier molecular flexibility index (Phi) is 4.20. The quantitative estimate of drug-likeness (QED) is 0.804. The van der Waals surface area contributed by atoms with Crippen LogP contribution in [0.1, 0.15) is 23.5 Å². The number of nitrogens with zero attached hydrogens (tertiary/aromatic N) is 3. The second kappa shape index (κ2) is 6.44. The lowest BCUT2D eigenvalue weighted by atomic mass is 10.1. The molecule has 1 unspecified atom stereocenters. The first-order valence-corrected chi connectivity index (χ1v) is 7.65. The highest BCUT2D eigenvalue weighted by atomic mass is 32.1. The van der Waals surface area contributed by atoms with Gasteiger partial charge >= 0.3 is 0 Å². The molecule has 5 nitrogen and oxygen atoms in total. The van der Waals surface area contributed by atoms with Crippen LogP contribution in [0.2, 0.25) is 0 Å². The number of aromatic nitrogens is 3. The Morgan fingerprint density at radius 1 is 1.18 bits per heavy atom. The number of amides is 1. The molecule has 1 atom stereocenters. The number of rotatable bonds is 4. The van der Waals surface area contributed by atoms with Crippen molar-refractivity contribution >= 4 is 17.2 Å². The average Bonchev–Trinajstić information content (AvgIpc) is 3.04. The molecule has 0 aliphatic carbocycles. The van der Waals surface area contributed by atoms with Gasteiger partial charge in [-0.2, -0.15) is 0 Å². The van der Waals surface area contributed by atoms with E-state index >= 15 is 0 Å². The molecule has 0 saturated carbocycles. The van der Waals surface area contributed by atoms with E-state index in [0.717, 1.165) is 21.8 Å². The minimum Gasteiger partial charge on any atom is -0.343 e. The van der Waals surface area contributed by atoms with Crippen molar-refractivity contribution in [3.8, 4) is 11.3 Å². The zero-order valence-corrected chi connectivity index (χ0v) is 12.7. The lowest BCUT2D eigenvalue weighted by Crippen LogP contribution is -2.26. The van der Waals surface area contributed by atoms with Crippen molar-refractivity contribution in [1.82, 2.24) is 20.3 Å². The molecule has 0 aliphatic heterocycles. The van der Waals surface area contributed by atoms with Crippen LogP contribution in [0.4, 0.5) is 0 Å². The third-order valence-corrected chi connectivity index (χ3v) is 4.02. The number of carbonyl (C=O) groups excluding carboxylic acids is 1. The highest BCUT2D eigenvalue weighted by molar-refractivity contribution is 7.10. The lowest BCUT2D eigenvalue weighted by Gasteiger charge is -2.15. The molecule has 110 valence electrons. The molecule has 2 heterocycles. The zero-order valence-electron chi connectivity index (χ0n) is 11.9. The first-order chi connectivity index (χ1) is 10.7. The SMILES string of the molecule is CC(=O)NC(c1ccccc1)c1nc(-c2cncnc2)cs1. The van der Waals surface area contributed by atoms with Crippen LogP contribution in [0.3, 0.4) is 0 Å². The van der Waals surface area contributed by atoms with Gasteiger partial charge in [-0.25, -0.2) is 15.0 Å². The van der Waals surface area contributed by atoms with Crippen LogP contribution < -0.4 is 5.32 Å². The molecule has 22 heavy (non-hydrogen) atoms. The van der Waals surface area contributed by atoms with Gasteiger partial charge in [0.05, 0.1) is 5.69 Å². The lowest BCUT2D eigenvalue weighted by molar-refractivity contribution is -0.119. The maximum absolute atomic E-state index is 11.5. The minimum atomic E-state index is -0.248. The van der Waals surface area contributed by atoms with E-state index in [0.29, 0.717) is 0 Å². The predicted molar refractivity (Wildman–Crippen MR) is 85.2 cm³/mol. The van der Waals surface area contributed by atoms with Crippen LogP contribution in [0.25, 0.3) is 11.3 Å². The van der Waals surface area contributed by atoms with Crippen molar-refractivity contribution in [2.75, 3.05) is 0 Å². The van der Waals surface area contributed by atoms with Crippen molar-refractivity contribution in [3.05, 3.63) is 65.0 Å². The summed E-state index contributed by atoms with van der Waals surface area (Å²) in [6, 6.07) is 9.55. The summed E-state index contributed by atoms with van der Waals surface area (Å²) in [7, 11) is 0. The van der Waals surface area contributed by atoms with Gasteiger partial charge in [0.15, 0.2) is 0 Å². The fraction of sp³-hybridized carbons (Fsp3) is 0.125. The highest BCUT2D eigenvalue weighted by Gasteiger charge is 2.19. The van der Waals surface area contributed by atoms with Crippen molar-refractivity contribution in [2.24, 2.45) is 0 Å². The monoisotopic (exact) mass is 310 g/mol. The molecule has 3 rings (SSSR count). The summed E-state index contributed by atoms with van der Waals surface area (Å²) in [4.78, 5) is 24.2. The van der Waals surface area contributed by atoms with E-state index in [2.05, 4.69) is 20.3 Å². The number of thiazole rings is 1. The number of hydrogen-bond donors (Lipinski definition) is 1. The third kappa shape index (κ3) is 3.17. The first-order valence-electron chi connectivity index (χ1n) is 6.77. The van der Waals surface area contributed by atoms with Crippen molar-refractivity contribution < 1.29 is 4.79 Å². The Bertz CT molecular complexity index is 758. The Hall–Kier alpha value is -2.60. The summed E-state index contributed by atoms with van der Waals surface area (Å²) in [5.74, 6) is -0.0892. The molecule has 0 radical (unpaired) electrons. The molecular weight excluding hydrogens is 296 g/mol. The maximum Gasteiger partial charge on any atom is 0.217 e. The molecule has 1 aromatic carbocycles. The Morgan fingerprint density at radius 2 is 1.91 bits per heavy atom. The van der Waals surface area contributed by atoms with E-state index < -0.39 is 0 Å². The Balaban J connectivity index is 1.95. The van der Waals surface area contributed by atoms with Gasteiger partial charge in [0.25, 0.3) is 0 Å². The van der Waals surface area contributed by atoms with E-state index in [1.165, 1.54) is 24.6 Å². The standard InChI is InChI=1S/C16H14N4OS/c1-11(21)19-15(12-5-3-2-4-6-12)16-20-14(9-22-16)13-7-17-10-18-8-13/h2-10,15H,1H3,(H,19,21). The van der Waals surface area contributed by atoms with Gasteiger partial charge in [-0.1, -0.05) is 30.3 Å². The van der Waals surface area contributed by atoms with Crippen LogP contribution in [-0.2, 0) is 4.79 Å². The molecular formula is C16H14N4OS. The molecule has 0 aliphatic rings. The molecule has 0 fully saturated rings. The Morgan fingerprint density at radius 3 is 2.59 bits per heavy atom. The van der Waals surface area contributed by atoms with Gasteiger partial charge in [0.1, 0.15) is 17.4 Å². The number of carbonyl (C=O) groups is 1. The smallest absolute Gasteiger partial charge is 0.217 e. The van der Waals surface area contributed by atoms with Crippen molar-refractivity contribution in [3.63, 3.8) is 0 Å². The van der Waals surface area contributed by atoms with Crippen LogP contribution in [-0.4, -0.2) is 20.9 Å². The van der Waals surface area contributed by atoms with Crippen molar-refractivity contribution in [1.29, 1.82) is 0 Å². The topological polar surface area (TPSA) is 67.8 Å². The third-order valence-electron chi connectivity index (χ3n) is 3.11. The van der Waals surface area contributed by atoms with Crippen LogP contribution >= 0.6 is 11.3 Å². The first kappa shape index (κ1) is 14.3. The molecule has 2 aromatic heterocycles. The zero-order chi connectivity index (χ0) is 15.4. The van der Waals surface area contributed by atoms with Gasteiger partial charge in [-0.3, -0.25) is 4.79 Å². The van der Waals surface area contributed by atoms with E-state index in [9.17, 15) is 4.79 Å². The second-order valence-corrected chi connectivity index (χ2v) is 5.63. The van der Waals surface area contributed by atoms with Gasteiger partial charge in [0.2, 0.25) is 5.91 Å². The molecule has 0 saturated heterocycles. The fourth-order valence-corrected chi connectivity index (χ4v) is 3.02. The van der Waals surface area contributed by atoms with E-state index in [4.69, 9.17) is 0 Å². The van der Waals surface area contributed by atoms with Gasteiger partial charge in [-0.05, 0) is 5.56 Å². The number of hydrogen-bond acceptors (Lipinski definition) is 5. The molecule has 0 bridgehead atoms. The molecule has 3 aromatic rings. The number of benzene rings is 1. The molecule has 1 amide bonds. The summed E-state index contributed by atoms with van der Waals surface area (Å²) in [6.07, 6.45) is 4.93. The molecule has 0 spiro atoms. The second-order valence-electron chi connectivity index (χ2n) is 4.74. The summed E-state index contributed by atoms with van der Waals surface area (Å²) in [5.41, 5.74) is 2.68. The van der Waals surface area contributed by atoms with Gasteiger partial charge in [0, 0.05) is 30.3 Å². The normalized spacial score (nSPS) is 11.9. The molecule has 1 N–H and O–H groups in total. The minimum absolute atomic E-state index is 0.0892. The number of nitrogens with one attached hydrogen (secondary N) is 1. The van der Waals surface area contributed by atoms with Crippen LogP contribution in [0.5, 0.6) is 0 Å². The van der Waals surface area contributed by atoms with E-state index in [1.807, 2.05) is 35.7 Å². The Labute approximate surface area is 132 Å². The summed E-state index contributed by atoms with van der Waals surface area (Å²) in [5, 5.41) is 5.74. The average molecular weight is 310 g/mol. The summed E-state index contributed by atoms with van der Waals surface area (Å²) >= 11 is 1.51. The fourth-order valence-electron chi connectivity index (χ4n) is 2.12. The predicted octanol–water partition coefficient (Wildman–Crippen LogP) is 2.83. The molecule has 6 heteroatoms. The largest absolute Gasteiger partial charge is 0.343 e. The highest BCUT2D eigenvalue weighted by Crippen LogP contribution is 2.28. The summed E-state index contributed by atoms with van der Waals surface area (Å²) in [6.45, 7) is 1.51. The maximum atomic E-state index is 11.5. The summed E-state index contributed by atoms with van der Waals surface area (Å²) < 4.78 is 0. The van der Waals surface area contributed by atoms with Gasteiger partial charge in [-0.15, -0.1) is 11.3 Å². The van der Waals surface area contributed by atoms with Crippen LogP contribution in [0.15, 0.2) is 54.4 Å². The van der Waals surface area contributed by atoms with Gasteiger partial charge < -0.3 is 5.32 Å².